The van der Waals surface area contributed by atoms with Crippen molar-refractivity contribution in [3.8, 4) is 0 Å². The van der Waals surface area contributed by atoms with E-state index in [1.54, 1.807) is 19.2 Å². The molecule has 1 aliphatic rings. The lowest BCUT2D eigenvalue weighted by atomic mass is 9.78. The van der Waals surface area contributed by atoms with Crippen molar-refractivity contribution in [1.82, 2.24) is 15.2 Å². The molecule has 2 amide bonds. The number of fused-ring (bicyclic) bond motifs is 1. The van der Waals surface area contributed by atoms with Crippen LogP contribution in [0.2, 0.25) is 0 Å². The van der Waals surface area contributed by atoms with Crippen LogP contribution in [0, 0.1) is 0 Å². The van der Waals surface area contributed by atoms with Gasteiger partial charge < -0.3 is 20.3 Å². The molecule has 1 saturated heterocycles. The number of nitrogens with zero attached hydrogens (tertiary/aromatic N) is 2. The summed E-state index contributed by atoms with van der Waals surface area (Å²) in [5, 5.41) is 22.5. The molecule has 28 heavy (non-hydrogen) atoms. The summed E-state index contributed by atoms with van der Waals surface area (Å²) in [6.07, 6.45) is 2.84. The van der Waals surface area contributed by atoms with Crippen molar-refractivity contribution >= 4 is 29.8 Å². The summed E-state index contributed by atoms with van der Waals surface area (Å²) >= 11 is 0. The first-order chi connectivity index (χ1) is 13.3. The van der Waals surface area contributed by atoms with Crippen molar-refractivity contribution in [3.63, 3.8) is 0 Å². The Hall–Kier alpha value is -2.45. The molecular weight excluding hydrogens is 357 g/mol. The zero-order chi connectivity index (χ0) is 20.4. The maximum absolute atomic E-state index is 13.0. The fourth-order valence-corrected chi connectivity index (χ4v) is 3.87. The van der Waals surface area contributed by atoms with E-state index in [-0.39, 0.29) is 17.7 Å². The molecule has 7 nitrogen and oxygen atoms in total. The van der Waals surface area contributed by atoms with Crippen LogP contribution in [0.1, 0.15) is 55.5 Å². The minimum atomic E-state index is -1.58. The lowest BCUT2D eigenvalue weighted by Crippen LogP contribution is -2.52. The van der Waals surface area contributed by atoms with Gasteiger partial charge in [0.25, 0.3) is 5.91 Å². The normalized spacial score (nSPS) is 17.8. The van der Waals surface area contributed by atoms with Crippen LogP contribution in [0.4, 0.5) is 0 Å². The molecule has 0 aliphatic carbocycles. The molecule has 2 atom stereocenters. The Morgan fingerprint density at radius 2 is 2.00 bits per heavy atom. The number of amides is 2. The third kappa shape index (κ3) is 3.88. The van der Waals surface area contributed by atoms with Gasteiger partial charge in [0, 0.05) is 18.1 Å². The molecule has 2 aromatic rings. The SMILES string of the molecule is CC(NC(=O)c1ccnc2cccc(C(C)C)c12)C(=O)N1CCCC1B(O)O. The molecule has 1 aromatic heterocycles. The molecule has 3 N–H and O–H groups in total. The lowest BCUT2D eigenvalue weighted by molar-refractivity contribution is -0.132. The predicted octanol–water partition coefficient (Wildman–Crippen LogP) is 1.48. The second-order valence-electron chi connectivity index (χ2n) is 7.60. The van der Waals surface area contributed by atoms with Crippen LogP contribution in [0.5, 0.6) is 0 Å². The molecule has 1 aromatic carbocycles. The van der Waals surface area contributed by atoms with Crippen LogP contribution in [-0.2, 0) is 4.79 Å². The summed E-state index contributed by atoms with van der Waals surface area (Å²) in [6, 6.07) is 6.66. The number of aromatic nitrogens is 1. The van der Waals surface area contributed by atoms with Gasteiger partial charge in [0.1, 0.15) is 6.04 Å². The average Bonchev–Trinajstić information content (AvgIpc) is 3.16. The third-order valence-electron chi connectivity index (χ3n) is 5.31. The van der Waals surface area contributed by atoms with Crippen molar-refractivity contribution in [2.75, 3.05) is 6.54 Å². The number of rotatable bonds is 5. The maximum Gasteiger partial charge on any atom is 0.475 e. The van der Waals surface area contributed by atoms with E-state index >= 15 is 0 Å². The maximum atomic E-state index is 13.0. The largest absolute Gasteiger partial charge is 0.475 e. The van der Waals surface area contributed by atoms with Crippen molar-refractivity contribution in [2.24, 2.45) is 0 Å². The molecule has 8 heteroatoms. The van der Waals surface area contributed by atoms with Gasteiger partial charge in [-0.3, -0.25) is 14.6 Å². The van der Waals surface area contributed by atoms with Crippen LogP contribution >= 0.6 is 0 Å². The first-order valence-electron chi connectivity index (χ1n) is 9.66. The average molecular weight is 383 g/mol. The number of benzene rings is 1. The summed E-state index contributed by atoms with van der Waals surface area (Å²) in [6.45, 7) is 6.19. The van der Waals surface area contributed by atoms with Gasteiger partial charge >= 0.3 is 7.12 Å². The molecule has 0 spiro atoms. The van der Waals surface area contributed by atoms with E-state index in [0.29, 0.717) is 24.9 Å². The van der Waals surface area contributed by atoms with Crippen molar-refractivity contribution in [2.45, 2.75) is 51.5 Å². The molecule has 2 unspecified atom stereocenters. The molecule has 0 bridgehead atoms. The fraction of sp³-hybridized carbons (Fsp3) is 0.450. The van der Waals surface area contributed by atoms with Crippen LogP contribution in [0.3, 0.4) is 0 Å². The fourth-order valence-electron chi connectivity index (χ4n) is 3.87. The number of pyridine rings is 1. The highest BCUT2D eigenvalue weighted by Crippen LogP contribution is 2.27. The molecule has 1 aliphatic heterocycles. The Labute approximate surface area is 164 Å². The number of nitrogens with one attached hydrogen (secondary N) is 1. The predicted molar refractivity (Wildman–Crippen MR) is 108 cm³/mol. The van der Waals surface area contributed by atoms with Gasteiger partial charge in [0.2, 0.25) is 5.91 Å². The molecule has 3 rings (SSSR count). The van der Waals surface area contributed by atoms with Gasteiger partial charge in [-0.05, 0) is 43.4 Å². The van der Waals surface area contributed by atoms with E-state index in [1.807, 2.05) is 18.2 Å². The summed E-state index contributed by atoms with van der Waals surface area (Å²) in [7, 11) is -1.58. The van der Waals surface area contributed by atoms with E-state index < -0.39 is 19.1 Å². The zero-order valence-corrected chi connectivity index (χ0v) is 16.4. The van der Waals surface area contributed by atoms with Gasteiger partial charge in [-0.2, -0.15) is 0 Å². The Kier molecular flexibility index (Phi) is 6.00. The minimum absolute atomic E-state index is 0.218. The molecule has 148 valence electrons. The Morgan fingerprint density at radius 3 is 2.68 bits per heavy atom. The quantitative estimate of drug-likeness (QED) is 0.679. The zero-order valence-electron chi connectivity index (χ0n) is 16.4. The van der Waals surface area contributed by atoms with E-state index in [4.69, 9.17) is 0 Å². The second kappa shape index (κ2) is 8.28. The van der Waals surface area contributed by atoms with Gasteiger partial charge in [-0.1, -0.05) is 26.0 Å². The van der Waals surface area contributed by atoms with Gasteiger partial charge in [0.15, 0.2) is 0 Å². The standard InChI is InChI=1S/C20H26BN3O4/c1-12(2)14-6-4-7-16-18(14)15(9-10-22-16)19(25)23-13(3)20(26)24-11-5-8-17(24)21(27)28/h4,6-7,9-10,12-13,17,27-28H,5,8,11H2,1-3H3,(H,23,25). The van der Waals surface area contributed by atoms with E-state index in [2.05, 4.69) is 24.1 Å². The van der Waals surface area contributed by atoms with Crippen LogP contribution in [0.15, 0.2) is 30.5 Å². The van der Waals surface area contributed by atoms with Crippen LogP contribution in [-0.4, -0.2) is 57.4 Å². The molecular formula is C20H26BN3O4. The van der Waals surface area contributed by atoms with Crippen LogP contribution < -0.4 is 5.32 Å². The van der Waals surface area contributed by atoms with E-state index in [1.165, 1.54) is 4.90 Å². The number of carbonyl (C=O) groups is 2. The Bertz CT molecular complexity index is 882. The topological polar surface area (TPSA) is 103 Å². The summed E-state index contributed by atoms with van der Waals surface area (Å²) in [5.74, 6) is -1.07. The first kappa shape index (κ1) is 20.3. The monoisotopic (exact) mass is 383 g/mol. The highest BCUT2D eigenvalue weighted by atomic mass is 16.4. The summed E-state index contributed by atoms with van der Waals surface area (Å²) in [5.41, 5.74) is 2.24. The lowest BCUT2D eigenvalue weighted by Gasteiger charge is -2.27. The smallest absolute Gasteiger partial charge is 0.426 e. The Balaban J connectivity index is 1.84. The molecule has 2 heterocycles. The van der Waals surface area contributed by atoms with Crippen molar-refractivity contribution in [1.29, 1.82) is 0 Å². The summed E-state index contributed by atoms with van der Waals surface area (Å²) in [4.78, 5) is 31.5. The van der Waals surface area contributed by atoms with Gasteiger partial charge in [0.05, 0.1) is 17.0 Å². The number of carbonyl (C=O) groups excluding carboxylic acids is 2. The van der Waals surface area contributed by atoms with E-state index in [0.717, 1.165) is 16.5 Å². The van der Waals surface area contributed by atoms with Crippen molar-refractivity contribution in [3.05, 3.63) is 41.6 Å². The van der Waals surface area contributed by atoms with Gasteiger partial charge in [-0.15, -0.1) is 0 Å². The first-order valence-corrected chi connectivity index (χ1v) is 9.66. The van der Waals surface area contributed by atoms with Crippen LogP contribution in [0.25, 0.3) is 10.9 Å². The Morgan fingerprint density at radius 1 is 1.25 bits per heavy atom. The minimum Gasteiger partial charge on any atom is -0.426 e. The van der Waals surface area contributed by atoms with Gasteiger partial charge in [-0.25, -0.2) is 0 Å². The third-order valence-corrected chi connectivity index (χ3v) is 5.31. The van der Waals surface area contributed by atoms with E-state index in [9.17, 15) is 19.6 Å². The number of hydrogen-bond donors (Lipinski definition) is 3. The highest BCUT2D eigenvalue weighted by Gasteiger charge is 2.38. The summed E-state index contributed by atoms with van der Waals surface area (Å²) < 4.78 is 0. The molecule has 0 radical (unpaired) electrons. The number of hydrogen-bond acceptors (Lipinski definition) is 5. The second-order valence-corrected chi connectivity index (χ2v) is 7.60. The van der Waals surface area contributed by atoms with Crippen molar-refractivity contribution < 1.29 is 19.6 Å². The highest BCUT2D eigenvalue weighted by molar-refractivity contribution is 6.43. The number of likely N-dealkylation sites (tertiary alicyclic amines) is 1. The molecule has 1 fully saturated rings. The molecule has 0 saturated carbocycles.